The molecule has 16 heavy (non-hydrogen) atoms. The van der Waals surface area contributed by atoms with Gasteiger partial charge in [0.25, 0.3) is 0 Å². The quantitative estimate of drug-likeness (QED) is 0.740. The molecular weight excluding hydrogens is 204 g/mol. The smallest absolute Gasteiger partial charge is 0.326 e. The van der Waals surface area contributed by atoms with Gasteiger partial charge in [-0.05, 0) is 20.8 Å². The van der Waals surface area contributed by atoms with Crippen LogP contribution in [-0.2, 0) is 16.1 Å². The Morgan fingerprint density at radius 3 is 2.62 bits per heavy atom. The average molecular weight is 224 g/mol. The molecule has 1 rings (SSSR count). The molecule has 90 valence electrons. The van der Waals surface area contributed by atoms with Crippen molar-refractivity contribution in [1.29, 1.82) is 0 Å². The van der Waals surface area contributed by atoms with E-state index in [0.29, 0.717) is 5.92 Å². The van der Waals surface area contributed by atoms with Gasteiger partial charge in [-0.1, -0.05) is 13.8 Å². The molecule has 1 heterocycles. The van der Waals surface area contributed by atoms with Gasteiger partial charge in [-0.15, -0.1) is 0 Å². The fraction of sp³-hybridized carbons (Fsp3) is 0.667. The van der Waals surface area contributed by atoms with Crippen molar-refractivity contribution in [2.75, 3.05) is 0 Å². The summed E-state index contributed by atoms with van der Waals surface area (Å²) in [7, 11) is 0. The molecule has 0 fully saturated rings. The van der Waals surface area contributed by atoms with E-state index in [1.807, 2.05) is 39.2 Å². The minimum absolute atomic E-state index is 0.227. The number of imidazole rings is 1. The molecule has 1 aromatic heterocycles. The zero-order valence-electron chi connectivity index (χ0n) is 10.7. The van der Waals surface area contributed by atoms with Crippen molar-refractivity contribution in [1.82, 2.24) is 9.55 Å². The van der Waals surface area contributed by atoms with Crippen LogP contribution in [0.25, 0.3) is 0 Å². The molecule has 0 radical (unpaired) electrons. The van der Waals surface area contributed by atoms with Crippen molar-refractivity contribution < 1.29 is 9.53 Å². The fourth-order valence-corrected chi connectivity index (χ4v) is 1.47. The summed E-state index contributed by atoms with van der Waals surface area (Å²) in [5.41, 5.74) is -0.435. The predicted molar refractivity (Wildman–Crippen MR) is 62.2 cm³/mol. The first-order valence-corrected chi connectivity index (χ1v) is 5.52. The van der Waals surface area contributed by atoms with Gasteiger partial charge in [0.2, 0.25) is 0 Å². The lowest BCUT2D eigenvalue weighted by atomic mass is 10.2. The van der Waals surface area contributed by atoms with Crippen molar-refractivity contribution in [2.45, 2.75) is 52.7 Å². The van der Waals surface area contributed by atoms with Gasteiger partial charge in [-0.3, -0.25) is 4.79 Å². The third-order valence-electron chi connectivity index (χ3n) is 1.98. The molecule has 4 nitrogen and oxygen atoms in total. The minimum atomic E-state index is -0.435. The zero-order valence-corrected chi connectivity index (χ0v) is 10.7. The van der Waals surface area contributed by atoms with Crippen molar-refractivity contribution in [3.05, 3.63) is 18.2 Å². The molecular formula is C12H20N2O2. The second-order valence-corrected chi connectivity index (χ2v) is 5.15. The van der Waals surface area contributed by atoms with Crippen LogP contribution < -0.4 is 0 Å². The third kappa shape index (κ3) is 3.68. The van der Waals surface area contributed by atoms with Crippen LogP contribution in [-0.4, -0.2) is 21.1 Å². The summed E-state index contributed by atoms with van der Waals surface area (Å²) < 4.78 is 7.09. The first-order valence-electron chi connectivity index (χ1n) is 5.52. The Hall–Kier alpha value is -1.32. The summed E-state index contributed by atoms with van der Waals surface area (Å²) in [4.78, 5) is 15.9. The highest BCUT2D eigenvalue weighted by Gasteiger charge is 2.18. The molecule has 0 saturated heterocycles. The van der Waals surface area contributed by atoms with E-state index in [4.69, 9.17) is 4.74 Å². The number of hydrogen-bond acceptors (Lipinski definition) is 3. The van der Waals surface area contributed by atoms with Crippen LogP contribution in [0.4, 0.5) is 0 Å². The lowest BCUT2D eigenvalue weighted by Gasteiger charge is -2.20. The van der Waals surface area contributed by atoms with E-state index < -0.39 is 5.60 Å². The normalized spacial score (nSPS) is 11.9. The highest BCUT2D eigenvalue weighted by molar-refractivity contribution is 5.69. The maximum atomic E-state index is 11.6. The lowest BCUT2D eigenvalue weighted by molar-refractivity contribution is -0.155. The molecule has 0 aliphatic heterocycles. The van der Waals surface area contributed by atoms with Crippen molar-refractivity contribution >= 4 is 5.97 Å². The summed E-state index contributed by atoms with van der Waals surface area (Å²) in [5.74, 6) is 0.982. The second kappa shape index (κ2) is 4.68. The number of rotatable bonds is 3. The number of nitrogens with zero attached hydrogens (tertiary/aromatic N) is 2. The van der Waals surface area contributed by atoms with E-state index >= 15 is 0 Å². The number of aromatic nitrogens is 2. The first kappa shape index (κ1) is 12.7. The summed E-state index contributed by atoms with van der Waals surface area (Å²) in [6, 6.07) is 0. The van der Waals surface area contributed by atoms with Gasteiger partial charge in [0.15, 0.2) is 0 Å². The van der Waals surface area contributed by atoms with Gasteiger partial charge in [0.05, 0.1) is 0 Å². The molecule has 0 unspecified atom stereocenters. The molecule has 0 amide bonds. The Morgan fingerprint density at radius 1 is 1.50 bits per heavy atom. The Morgan fingerprint density at radius 2 is 2.12 bits per heavy atom. The van der Waals surface area contributed by atoms with Crippen molar-refractivity contribution in [3.63, 3.8) is 0 Å². The second-order valence-electron chi connectivity index (χ2n) is 5.15. The number of ether oxygens (including phenoxy) is 1. The average Bonchev–Trinajstić information content (AvgIpc) is 2.47. The standard InChI is InChI=1S/C12H20N2O2/c1-9(2)11-13-6-7-14(11)8-10(15)16-12(3,4)5/h6-7,9H,8H2,1-5H3. The van der Waals surface area contributed by atoms with E-state index in [9.17, 15) is 4.79 Å². The van der Waals surface area contributed by atoms with E-state index in [-0.39, 0.29) is 12.5 Å². The number of hydrogen-bond donors (Lipinski definition) is 0. The first-order chi connectivity index (χ1) is 7.29. The highest BCUT2D eigenvalue weighted by Crippen LogP contribution is 2.13. The summed E-state index contributed by atoms with van der Waals surface area (Å²) in [5, 5.41) is 0. The maximum Gasteiger partial charge on any atom is 0.326 e. The maximum absolute atomic E-state index is 11.6. The van der Waals surface area contributed by atoms with Gasteiger partial charge in [0, 0.05) is 18.3 Å². The van der Waals surface area contributed by atoms with Crippen LogP contribution in [0.1, 0.15) is 46.4 Å². The Kier molecular flexibility index (Phi) is 3.73. The molecule has 0 aliphatic carbocycles. The monoisotopic (exact) mass is 224 g/mol. The van der Waals surface area contributed by atoms with Crippen LogP contribution in [0.15, 0.2) is 12.4 Å². The number of carbonyl (C=O) groups is 1. The number of carbonyl (C=O) groups excluding carboxylic acids is 1. The topological polar surface area (TPSA) is 44.1 Å². The van der Waals surface area contributed by atoms with E-state index in [1.165, 1.54) is 0 Å². The molecule has 0 aliphatic rings. The van der Waals surface area contributed by atoms with E-state index in [2.05, 4.69) is 4.98 Å². The summed E-state index contributed by atoms with van der Waals surface area (Å²) >= 11 is 0. The molecule has 0 saturated carbocycles. The summed E-state index contributed by atoms with van der Waals surface area (Å²) in [6.07, 6.45) is 3.51. The molecule has 1 aromatic rings. The van der Waals surface area contributed by atoms with Gasteiger partial charge >= 0.3 is 5.97 Å². The largest absolute Gasteiger partial charge is 0.459 e. The fourth-order valence-electron chi connectivity index (χ4n) is 1.47. The van der Waals surface area contributed by atoms with Gasteiger partial charge < -0.3 is 9.30 Å². The lowest BCUT2D eigenvalue weighted by Crippen LogP contribution is -2.27. The Balaban J connectivity index is 2.67. The zero-order chi connectivity index (χ0) is 12.3. The minimum Gasteiger partial charge on any atom is -0.459 e. The van der Waals surface area contributed by atoms with Crippen LogP contribution in [0.5, 0.6) is 0 Å². The van der Waals surface area contributed by atoms with Crippen LogP contribution >= 0.6 is 0 Å². The third-order valence-corrected chi connectivity index (χ3v) is 1.98. The molecule has 0 bridgehead atoms. The van der Waals surface area contributed by atoms with E-state index in [1.54, 1.807) is 12.4 Å². The molecule has 0 aromatic carbocycles. The van der Waals surface area contributed by atoms with Gasteiger partial charge in [0.1, 0.15) is 18.0 Å². The Bertz CT molecular complexity index is 361. The SMILES string of the molecule is CC(C)c1nccn1CC(=O)OC(C)(C)C. The van der Waals surface area contributed by atoms with E-state index in [0.717, 1.165) is 5.82 Å². The van der Waals surface area contributed by atoms with Crippen LogP contribution in [0.3, 0.4) is 0 Å². The van der Waals surface area contributed by atoms with Gasteiger partial charge in [-0.2, -0.15) is 0 Å². The predicted octanol–water partition coefficient (Wildman–Crippen LogP) is 2.35. The van der Waals surface area contributed by atoms with Crippen molar-refractivity contribution in [3.8, 4) is 0 Å². The molecule has 0 atom stereocenters. The van der Waals surface area contributed by atoms with Crippen LogP contribution in [0.2, 0.25) is 0 Å². The molecule has 0 spiro atoms. The molecule has 0 N–H and O–H groups in total. The Labute approximate surface area is 96.6 Å². The van der Waals surface area contributed by atoms with Crippen LogP contribution in [0, 0.1) is 0 Å². The molecule has 4 heteroatoms. The van der Waals surface area contributed by atoms with Crippen molar-refractivity contribution in [2.24, 2.45) is 0 Å². The highest BCUT2D eigenvalue weighted by atomic mass is 16.6. The van der Waals surface area contributed by atoms with Gasteiger partial charge in [-0.25, -0.2) is 4.98 Å². The summed E-state index contributed by atoms with van der Waals surface area (Å²) in [6.45, 7) is 9.92. The number of esters is 1.